The van der Waals surface area contributed by atoms with E-state index < -0.39 is 7.12 Å². The Morgan fingerprint density at radius 3 is 2.43 bits per heavy atom. The van der Waals surface area contributed by atoms with Crippen LogP contribution in [0.3, 0.4) is 0 Å². The Kier molecular flexibility index (Phi) is 6.88. The number of benzene rings is 1. The molecule has 162 valence electrons. The van der Waals surface area contributed by atoms with Crippen molar-refractivity contribution in [2.75, 3.05) is 13.1 Å². The minimum Gasteiger partial charge on any atom is -0.445 e. The van der Waals surface area contributed by atoms with Crippen LogP contribution in [0.5, 0.6) is 0 Å². The van der Waals surface area contributed by atoms with Crippen LogP contribution in [0, 0.1) is 0 Å². The first-order chi connectivity index (χ1) is 14.2. The molecule has 0 aliphatic carbocycles. The maximum absolute atomic E-state index is 12.5. The number of carbonyl (C=O) groups excluding carboxylic acids is 1. The molecule has 1 aromatic carbocycles. The number of rotatable bonds is 8. The van der Waals surface area contributed by atoms with Crippen LogP contribution in [-0.4, -0.2) is 52.2 Å². The van der Waals surface area contributed by atoms with Gasteiger partial charge in [0.2, 0.25) is 0 Å². The van der Waals surface area contributed by atoms with Crippen molar-refractivity contribution in [3.8, 4) is 0 Å². The van der Waals surface area contributed by atoms with Gasteiger partial charge in [0.05, 0.1) is 17.7 Å². The van der Waals surface area contributed by atoms with Crippen LogP contribution in [-0.2, 0) is 27.2 Å². The molecule has 0 atom stereocenters. The normalized spacial score (nSPS) is 17.2. The molecule has 2 aromatic rings. The molecule has 0 N–H and O–H groups in total. The summed E-state index contributed by atoms with van der Waals surface area (Å²) in [6.45, 7) is 12.2. The minimum absolute atomic E-state index is 0.272. The fourth-order valence-corrected chi connectivity index (χ4v) is 3.20. The Hall–Kier alpha value is -2.32. The summed E-state index contributed by atoms with van der Waals surface area (Å²) in [4.78, 5) is 14.2. The Bertz CT molecular complexity index is 822. The quantitative estimate of drug-likeness (QED) is 0.622. The number of aromatic nitrogens is 2. The SMILES string of the molecule is CCCN(CCn1cc(B2OC(C)(C)C(C)(C)O2)cn1)C(=O)OCc1ccccc1. The zero-order chi connectivity index (χ0) is 21.8. The number of hydrogen-bond acceptors (Lipinski definition) is 5. The first-order valence-corrected chi connectivity index (χ1v) is 10.6. The molecule has 1 saturated heterocycles. The van der Waals surface area contributed by atoms with Gasteiger partial charge in [0, 0.05) is 30.9 Å². The van der Waals surface area contributed by atoms with Gasteiger partial charge < -0.3 is 18.9 Å². The number of hydrogen-bond donors (Lipinski definition) is 0. The van der Waals surface area contributed by atoms with Crippen molar-refractivity contribution in [3.05, 3.63) is 48.3 Å². The topological polar surface area (TPSA) is 65.8 Å². The summed E-state index contributed by atoms with van der Waals surface area (Å²) in [6, 6.07) is 9.69. The second-order valence-electron chi connectivity index (χ2n) is 8.65. The molecule has 0 unspecified atom stereocenters. The van der Waals surface area contributed by atoms with Crippen LogP contribution in [0.25, 0.3) is 0 Å². The zero-order valence-corrected chi connectivity index (χ0v) is 18.6. The van der Waals surface area contributed by atoms with Gasteiger partial charge in [0.1, 0.15) is 6.61 Å². The highest BCUT2D eigenvalue weighted by Crippen LogP contribution is 2.36. The molecule has 1 aliphatic rings. The van der Waals surface area contributed by atoms with Crippen molar-refractivity contribution in [2.24, 2.45) is 0 Å². The summed E-state index contributed by atoms with van der Waals surface area (Å²) in [6.07, 6.45) is 4.24. The molecular formula is C22H32BN3O4. The molecule has 1 aliphatic heterocycles. The van der Waals surface area contributed by atoms with Crippen LogP contribution in [0.4, 0.5) is 4.79 Å². The van der Waals surface area contributed by atoms with Gasteiger partial charge >= 0.3 is 13.2 Å². The van der Waals surface area contributed by atoms with Gasteiger partial charge in [-0.15, -0.1) is 0 Å². The van der Waals surface area contributed by atoms with E-state index in [0.717, 1.165) is 17.4 Å². The number of ether oxygens (including phenoxy) is 1. The summed E-state index contributed by atoms with van der Waals surface area (Å²) < 4.78 is 19.5. The molecule has 0 saturated carbocycles. The first kappa shape index (κ1) is 22.4. The third-order valence-corrected chi connectivity index (χ3v) is 5.73. The van der Waals surface area contributed by atoms with E-state index >= 15 is 0 Å². The largest absolute Gasteiger partial charge is 0.498 e. The van der Waals surface area contributed by atoms with E-state index in [-0.39, 0.29) is 23.9 Å². The van der Waals surface area contributed by atoms with Gasteiger partial charge in [-0.1, -0.05) is 37.3 Å². The lowest BCUT2D eigenvalue weighted by atomic mass is 9.82. The molecule has 0 radical (unpaired) electrons. The maximum atomic E-state index is 12.5. The molecular weight excluding hydrogens is 381 g/mol. The Morgan fingerprint density at radius 1 is 1.13 bits per heavy atom. The second kappa shape index (κ2) is 9.22. The van der Waals surface area contributed by atoms with Crippen LogP contribution in [0.15, 0.2) is 42.7 Å². The molecule has 2 heterocycles. The lowest BCUT2D eigenvalue weighted by molar-refractivity contribution is 0.00578. The van der Waals surface area contributed by atoms with Crippen molar-refractivity contribution in [2.45, 2.75) is 65.4 Å². The Morgan fingerprint density at radius 2 is 1.80 bits per heavy atom. The predicted molar refractivity (Wildman–Crippen MR) is 116 cm³/mol. The molecule has 1 aromatic heterocycles. The molecule has 0 bridgehead atoms. The van der Waals surface area contributed by atoms with E-state index in [1.807, 2.05) is 75.8 Å². The molecule has 0 spiro atoms. The van der Waals surface area contributed by atoms with E-state index in [4.69, 9.17) is 14.0 Å². The van der Waals surface area contributed by atoms with E-state index in [9.17, 15) is 4.79 Å². The summed E-state index contributed by atoms with van der Waals surface area (Å²) in [5, 5.41) is 4.42. The monoisotopic (exact) mass is 413 g/mol. The molecule has 8 heteroatoms. The number of amides is 1. The summed E-state index contributed by atoms with van der Waals surface area (Å²) in [5.74, 6) is 0. The van der Waals surface area contributed by atoms with Crippen LogP contribution < -0.4 is 5.46 Å². The second-order valence-corrected chi connectivity index (χ2v) is 8.65. The minimum atomic E-state index is -0.439. The summed E-state index contributed by atoms with van der Waals surface area (Å²) in [5.41, 5.74) is 1.07. The Labute approximate surface area is 179 Å². The highest BCUT2D eigenvalue weighted by molar-refractivity contribution is 6.61. The molecule has 3 rings (SSSR count). The number of carbonyl (C=O) groups is 1. The maximum Gasteiger partial charge on any atom is 0.498 e. The smallest absolute Gasteiger partial charge is 0.445 e. The highest BCUT2D eigenvalue weighted by atomic mass is 16.7. The zero-order valence-electron chi connectivity index (χ0n) is 18.6. The van der Waals surface area contributed by atoms with Crippen LogP contribution >= 0.6 is 0 Å². The summed E-state index contributed by atoms with van der Waals surface area (Å²) >= 11 is 0. The van der Waals surface area contributed by atoms with Gasteiger partial charge in [-0.25, -0.2) is 4.79 Å². The first-order valence-electron chi connectivity index (χ1n) is 10.6. The molecule has 7 nitrogen and oxygen atoms in total. The fourth-order valence-electron chi connectivity index (χ4n) is 3.20. The van der Waals surface area contributed by atoms with Crippen molar-refractivity contribution in [1.29, 1.82) is 0 Å². The lowest BCUT2D eigenvalue weighted by Crippen LogP contribution is -2.41. The van der Waals surface area contributed by atoms with Crippen molar-refractivity contribution < 1.29 is 18.8 Å². The predicted octanol–water partition coefficient (Wildman–Crippen LogP) is 3.23. The van der Waals surface area contributed by atoms with Gasteiger partial charge in [0.25, 0.3) is 0 Å². The Balaban J connectivity index is 1.54. The van der Waals surface area contributed by atoms with E-state index in [2.05, 4.69) is 5.10 Å². The van der Waals surface area contributed by atoms with E-state index in [1.54, 1.807) is 11.1 Å². The molecule has 1 fully saturated rings. The van der Waals surface area contributed by atoms with Gasteiger partial charge in [-0.2, -0.15) is 5.10 Å². The van der Waals surface area contributed by atoms with E-state index in [0.29, 0.717) is 19.6 Å². The van der Waals surface area contributed by atoms with Crippen LogP contribution in [0.1, 0.15) is 46.6 Å². The van der Waals surface area contributed by atoms with Gasteiger partial charge in [0.15, 0.2) is 0 Å². The lowest BCUT2D eigenvalue weighted by Gasteiger charge is -2.32. The average molecular weight is 413 g/mol. The fraction of sp³-hybridized carbons (Fsp3) is 0.545. The van der Waals surface area contributed by atoms with Gasteiger partial charge in [-0.05, 0) is 39.7 Å². The third kappa shape index (κ3) is 5.23. The van der Waals surface area contributed by atoms with E-state index in [1.165, 1.54) is 0 Å². The average Bonchev–Trinajstić information content (AvgIpc) is 3.26. The summed E-state index contributed by atoms with van der Waals surface area (Å²) in [7, 11) is -0.439. The van der Waals surface area contributed by atoms with Crippen molar-refractivity contribution in [1.82, 2.24) is 14.7 Å². The number of nitrogens with zero attached hydrogens (tertiary/aromatic N) is 3. The van der Waals surface area contributed by atoms with Crippen molar-refractivity contribution in [3.63, 3.8) is 0 Å². The third-order valence-electron chi connectivity index (χ3n) is 5.73. The van der Waals surface area contributed by atoms with Crippen molar-refractivity contribution >= 4 is 18.7 Å². The van der Waals surface area contributed by atoms with Crippen LogP contribution in [0.2, 0.25) is 0 Å². The standard InChI is InChI=1S/C22H32BN3O4/c1-6-12-25(20(27)28-17-18-10-8-7-9-11-18)13-14-26-16-19(15-24-26)23-29-21(2,3)22(4,5)30-23/h7-11,15-16H,6,12-14,17H2,1-5H3. The molecule has 30 heavy (non-hydrogen) atoms. The highest BCUT2D eigenvalue weighted by Gasteiger charge is 2.52. The van der Waals surface area contributed by atoms with Gasteiger partial charge in [-0.3, -0.25) is 4.68 Å². The molecule has 1 amide bonds.